The topological polar surface area (TPSA) is 83.8 Å². The molecule has 37 heavy (non-hydrogen) atoms. The smallest absolute Gasteiger partial charge is 0.271 e. The number of para-hydroxylation sites is 1. The number of hydrogen-bond acceptors (Lipinski definition) is 4. The number of benzene rings is 3. The Hall–Kier alpha value is -3.69. The molecule has 0 saturated heterocycles. The lowest BCUT2D eigenvalue weighted by Gasteiger charge is -2.22. The number of halogens is 1. The summed E-state index contributed by atoms with van der Waals surface area (Å²) in [4.78, 5) is 12.6. The standard InChI is InChI=1S/C28H27BrN4O3S/c1-20-17-24(21(2)33(20)27-15-13-25(29)14-16-27)18-30-31-28(34)23-11-9-22(10-12-23)19-32(37(3,35)36)26-7-5-4-6-8-26/h4-18H,19H2,1-3H3,(H,31,34)/b30-18+. The van der Waals surface area contributed by atoms with Crippen molar-refractivity contribution in [3.05, 3.63) is 117 Å². The van der Waals surface area contributed by atoms with E-state index in [2.05, 4.69) is 31.0 Å². The number of anilines is 1. The second-order valence-electron chi connectivity index (χ2n) is 8.64. The van der Waals surface area contributed by atoms with E-state index in [4.69, 9.17) is 0 Å². The van der Waals surface area contributed by atoms with Crippen LogP contribution in [0.25, 0.3) is 5.69 Å². The van der Waals surface area contributed by atoms with Gasteiger partial charge in [-0.05, 0) is 74.0 Å². The van der Waals surface area contributed by atoms with Gasteiger partial charge in [-0.3, -0.25) is 9.10 Å². The molecule has 7 nitrogen and oxygen atoms in total. The van der Waals surface area contributed by atoms with E-state index in [1.165, 1.54) is 10.6 Å². The van der Waals surface area contributed by atoms with Gasteiger partial charge in [0.15, 0.2) is 0 Å². The number of aromatic nitrogens is 1. The summed E-state index contributed by atoms with van der Waals surface area (Å²) in [5.41, 5.74) is 8.35. The Bertz CT molecular complexity index is 1530. The summed E-state index contributed by atoms with van der Waals surface area (Å²) in [5, 5.41) is 4.15. The molecule has 0 fully saturated rings. The predicted octanol–water partition coefficient (Wildman–Crippen LogP) is 5.59. The third kappa shape index (κ3) is 6.36. The number of aryl methyl sites for hydroxylation is 1. The third-order valence-corrected chi connectivity index (χ3v) is 7.58. The molecule has 0 aliphatic heterocycles. The largest absolute Gasteiger partial charge is 0.318 e. The summed E-state index contributed by atoms with van der Waals surface area (Å²) in [7, 11) is -3.47. The van der Waals surface area contributed by atoms with Gasteiger partial charge in [0, 0.05) is 32.7 Å². The Kier molecular flexibility index (Phi) is 7.94. The lowest BCUT2D eigenvalue weighted by atomic mass is 10.1. The fourth-order valence-corrected chi connectivity index (χ4v) is 5.21. The summed E-state index contributed by atoms with van der Waals surface area (Å²) in [6.07, 6.45) is 2.81. The summed E-state index contributed by atoms with van der Waals surface area (Å²) in [5.74, 6) is -0.354. The highest BCUT2D eigenvalue weighted by Crippen LogP contribution is 2.22. The van der Waals surface area contributed by atoms with Gasteiger partial charge in [0.1, 0.15) is 0 Å². The minimum absolute atomic E-state index is 0.164. The van der Waals surface area contributed by atoms with Crippen LogP contribution in [-0.2, 0) is 16.6 Å². The first-order chi connectivity index (χ1) is 17.6. The van der Waals surface area contributed by atoms with Gasteiger partial charge in [-0.15, -0.1) is 0 Å². The molecule has 0 radical (unpaired) electrons. The van der Waals surface area contributed by atoms with Crippen LogP contribution in [0.3, 0.4) is 0 Å². The predicted molar refractivity (Wildman–Crippen MR) is 152 cm³/mol. The van der Waals surface area contributed by atoms with Gasteiger partial charge in [0.25, 0.3) is 5.91 Å². The van der Waals surface area contributed by atoms with Crippen LogP contribution in [0.15, 0.2) is 94.5 Å². The molecule has 1 heterocycles. The molecule has 0 aliphatic carbocycles. The van der Waals surface area contributed by atoms with Gasteiger partial charge in [0.05, 0.1) is 24.7 Å². The molecule has 0 saturated carbocycles. The van der Waals surface area contributed by atoms with Gasteiger partial charge in [-0.2, -0.15) is 5.10 Å². The molecule has 0 spiro atoms. The number of amides is 1. The second kappa shape index (κ2) is 11.1. The monoisotopic (exact) mass is 578 g/mol. The van der Waals surface area contributed by atoms with Crippen molar-refractivity contribution < 1.29 is 13.2 Å². The third-order valence-electron chi connectivity index (χ3n) is 5.91. The number of rotatable bonds is 8. The summed E-state index contributed by atoms with van der Waals surface area (Å²) < 4.78 is 29.1. The molecule has 190 valence electrons. The molecule has 0 atom stereocenters. The molecule has 1 aromatic heterocycles. The number of nitrogens with zero attached hydrogens (tertiary/aromatic N) is 3. The van der Waals surface area contributed by atoms with Crippen LogP contribution in [0.4, 0.5) is 5.69 Å². The van der Waals surface area contributed by atoms with E-state index < -0.39 is 10.0 Å². The number of hydrogen-bond donors (Lipinski definition) is 1. The van der Waals surface area contributed by atoms with Crippen molar-refractivity contribution in [1.29, 1.82) is 0 Å². The Morgan fingerprint density at radius 1 is 1.00 bits per heavy atom. The Balaban J connectivity index is 1.43. The number of hydrazone groups is 1. The number of sulfonamides is 1. The maximum Gasteiger partial charge on any atom is 0.271 e. The summed E-state index contributed by atoms with van der Waals surface area (Å²) in [6.45, 7) is 4.19. The maximum absolute atomic E-state index is 12.6. The van der Waals surface area contributed by atoms with Crippen molar-refractivity contribution in [2.75, 3.05) is 10.6 Å². The fraction of sp³-hybridized carbons (Fsp3) is 0.143. The average molecular weight is 580 g/mol. The van der Waals surface area contributed by atoms with Gasteiger partial charge >= 0.3 is 0 Å². The normalized spacial score (nSPS) is 11.6. The molecule has 0 bridgehead atoms. The van der Waals surface area contributed by atoms with E-state index in [0.29, 0.717) is 11.3 Å². The fourth-order valence-electron chi connectivity index (χ4n) is 4.05. The summed E-state index contributed by atoms with van der Waals surface area (Å²) >= 11 is 3.46. The van der Waals surface area contributed by atoms with Crippen molar-refractivity contribution >= 4 is 43.8 Å². The molecular weight excluding hydrogens is 552 g/mol. The first kappa shape index (κ1) is 26.4. The van der Waals surface area contributed by atoms with Crippen molar-refractivity contribution in [2.24, 2.45) is 5.10 Å². The molecule has 0 unspecified atom stereocenters. The second-order valence-corrected chi connectivity index (χ2v) is 11.5. The van der Waals surface area contributed by atoms with Crippen molar-refractivity contribution in [3.8, 4) is 5.69 Å². The van der Waals surface area contributed by atoms with Gasteiger partial charge in [-0.1, -0.05) is 46.3 Å². The molecule has 3 aromatic carbocycles. The van der Waals surface area contributed by atoms with E-state index in [0.717, 1.165) is 32.7 Å². The van der Waals surface area contributed by atoms with E-state index in [9.17, 15) is 13.2 Å². The molecule has 4 rings (SSSR count). The average Bonchev–Trinajstić information content (AvgIpc) is 3.16. The van der Waals surface area contributed by atoms with Crippen LogP contribution < -0.4 is 9.73 Å². The van der Waals surface area contributed by atoms with Crippen LogP contribution in [0.2, 0.25) is 0 Å². The number of carbonyl (C=O) groups is 1. The Labute approximate surface area is 225 Å². The van der Waals surface area contributed by atoms with Crippen LogP contribution in [0.1, 0.15) is 32.9 Å². The number of nitrogens with one attached hydrogen (secondary N) is 1. The summed E-state index contributed by atoms with van der Waals surface area (Å²) in [6, 6.07) is 25.8. The van der Waals surface area contributed by atoms with Crippen LogP contribution >= 0.6 is 15.9 Å². The first-order valence-electron chi connectivity index (χ1n) is 11.5. The minimum atomic E-state index is -3.47. The minimum Gasteiger partial charge on any atom is -0.318 e. The van der Waals surface area contributed by atoms with Crippen LogP contribution in [0.5, 0.6) is 0 Å². The van der Waals surface area contributed by atoms with E-state index >= 15 is 0 Å². The molecule has 1 N–H and O–H groups in total. The van der Waals surface area contributed by atoms with Crippen molar-refractivity contribution in [2.45, 2.75) is 20.4 Å². The molecular formula is C28H27BrN4O3S. The maximum atomic E-state index is 12.6. The van der Waals surface area contributed by atoms with Crippen LogP contribution in [-0.4, -0.2) is 31.4 Å². The highest BCUT2D eigenvalue weighted by atomic mass is 79.9. The quantitative estimate of drug-likeness (QED) is 0.218. The lowest BCUT2D eigenvalue weighted by Crippen LogP contribution is -2.29. The molecule has 9 heteroatoms. The Morgan fingerprint density at radius 2 is 1.65 bits per heavy atom. The highest BCUT2D eigenvalue weighted by molar-refractivity contribution is 9.10. The first-order valence-corrected chi connectivity index (χ1v) is 14.2. The Morgan fingerprint density at radius 3 is 2.27 bits per heavy atom. The van der Waals surface area contributed by atoms with Gasteiger partial charge in [0.2, 0.25) is 10.0 Å². The highest BCUT2D eigenvalue weighted by Gasteiger charge is 2.18. The SMILES string of the molecule is Cc1cc(/C=N/NC(=O)c2ccc(CN(c3ccccc3)S(C)(=O)=O)cc2)c(C)n1-c1ccc(Br)cc1. The van der Waals surface area contributed by atoms with Gasteiger partial charge < -0.3 is 4.57 Å². The zero-order chi connectivity index (χ0) is 26.6. The lowest BCUT2D eigenvalue weighted by molar-refractivity contribution is 0.0955. The van der Waals surface area contributed by atoms with E-state index in [1.807, 2.05) is 50.2 Å². The van der Waals surface area contributed by atoms with Gasteiger partial charge in [-0.25, -0.2) is 13.8 Å². The molecule has 1 amide bonds. The van der Waals surface area contributed by atoms with E-state index in [1.54, 1.807) is 54.7 Å². The van der Waals surface area contributed by atoms with Crippen LogP contribution in [0, 0.1) is 13.8 Å². The van der Waals surface area contributed by atoms with E-state index in [-0.39, 0.29) is 12.5 Å². The zero-order valence-electron chi connectivity index (χ0n) is 20.7. The van der Waals surface area contributed by atoms with Crippen molar-refractivity contribution in [3.63, 3.8) is 0 Å². The molecule has 4 aromatic rings. The number of carbonyl (C=O) groups excluding carboxylic acids is 1. The van der Waals surface area contributed by atoms with Crippen molar-refractivity contribution in [1.82, 2.24) is 9.99 Å². The molecule has 0 aliphatic rings. The zero-order valence-corrected chi connectivity index (χ0v) is 23.1.